The van der Waals surface area contributed by atoms with E-state index in [-0.39, 0.29) is 41.1 Å². The van der Waals surface area contributed by atoms with Gasteiger partial charge in [-0.3, -0.25) is 14.6 Å². The van der Waals surface area contributed by atoms with Gasteiger partial charge < -0.3 is 25.3 Å². The lowest BCUT2D eigenvalue weighted by Crippen LogP contribution is -2.34. The summed E-state index contributed by atoms with van der Waals surface area (Å²) in [5.74, 6) is -1.88. The maximum absolute atomic E-state index is 14.0. The monoisotopic (exact) mass is 538 g/mol. The number of carbonyl (C=O) groups is 1. The molecule has 0 aliphatic carbocycles. The number of aliphatic hydroxyl groups excluding tert-OH is 2. The Kier molecular flexibility index (Phi) is 8.42. The number of carbonyl (C=O) groups excluding carboxylic acids is 1. The Morgan fingerprint density at radius 3 is 2.71 bits per heavy atom. The number of rotatable bonds is 9. The highest BCUT2D eigenvalue weighted by Crippen LogP contribution is 2.30. The van der Waals surface area contributed by atoms with Gasteiger partial charge in [-0.15, -0.1) is 0 Å². The molecule has 12 heteroatoms. The number of hydrogen-bond acceptors (Lipinski definition) is 7. The third-order valence-corrected chi connectivity index (χ3v) is 5.54. The van der Waals surface area contributed by atoms with Gasteiger partial charge in [-0.25, -0.2) is 13.8 Å². The van der Waals surface area contributed by atoms with Crippen molar-refractivity contribution in [2.24, 2.45) is 0 Å². The topological polar surface area (TPSA) is 137 Å². The lowest BCUT2D eigenvalue weighted by atomic mass is 10.1. The van der Waals surface area contributed by atoms with Crippen molar-refractivity contribution in [2.75, 3.05) is 13.2 Å². The molecule has 1 aromatic carbocycles. The van der Waals surface area contributed by atoms with E-state index in [0.717, 1.165) is 12.1 Å². The first-order valence-corrected chi connectivity index (χ1v) is 10.8. The summed E-state index contributed by atoms with van der Waals surface area (Å²) in [7, 11) is 0. The first-order valence-electron chi connectivity index (χ1n) is 10.1. The number of ether oxygens (including phenoxy) is 1. The van der Waals surface area contributed by atoms with Crippen LogP contribution in [0.2, 0.25) is 0 Å². The molecule has 0 aliphatic rings. The Morgan fingerprint density at radius 2 is 2.06 bits per heavy atom. The van der Waals surface area contributed by atoms with Crippen LogP contribution in [0.4, 0.5) is 8.78 Å². The van der Waals surface area contributed by atoms with E-state index in [0.29, 0.717) is 17.0 Å². The molecule has 180 valence electrons. The largest absolute Gasteiger partial charge is 0.487 e. The molecule has 34 heavy (non-hydrogen) atoms. The Morgan fingerprint density at radius 1 is 1.29 bits per heavy atom. The van der Waals surface area contributed by atoms with E-state index in [1.54, 1.807) is 6.92 Å². The van der Waals surface area contributed by atoms with Crippen LogP contribution in [0.25, 0.3) is 0 Å². The van der Waals surface area contributed by atoms with Gasteiger partial charge in [-0.2, -0.15) is 0 Å². The highest BCUT2D eigenvalue weighted by atomic mass is 79.9. The number of aryl methyl sites for hydroxylation is 1. The van der Waals surface area contributed by atoms with Gasteiger partial charge in [0, 0.05) is 42.0 Å². The summed E-state index contributed by atoms with van der Waals surface area (Å²) in [6.07, 6.45) is 1.71. The lowest BCUT2D eigenvalue weighted by molar-refractivity contribution is 0.0798. The number of aromatic nitrogens is 3. The lowest BCUT2D eigenvalue weighted by Gasteiger charge is -2.15. The second-order valence-corrected chi connectivity index (χ2v) is 8.13. The molecule has 2 heterocycles. The first-order chi connectivity index (χ1) is 16.2. The van der Waals surface area contributed by atoms with E-state index < -0.39 is 35.8 Å². The molecule has 1 atom stereocenters. The van der Waals surface area contributed by atoms with Crippen LogP contribution >= 0.6 is 15.9 Å². The predicted octanol–water partition coefficient (Wildman–Crippen LogP) is 1.77. The molecule has 3 rings (SSSR count). The molecule has 0 fully saturated rings. The fraction of sp³-hybridized carbons (Fsp3) is 0.273. The Labute approximate surface area is 201 Å². The minimum absolute atomic E-state index is 0.0107. The molecular formula is C22H21BrF2N4O5. The molecule has 0 bridgehead atoms. The number of nitrogens with zero attached hydrogens (tertiary/aromatic N) is 2. The van der Waals surface area contributed by atoms with Crippen molar-refractivity contribution in [3.8, 4) is 5.75 Å². The number of aliphatic hydroxyl groups is 2. The average Bonchev–Trinajstić information content (AvgIpc) is 2.81. The highest BCUT2D eigenvalue weighted by molar-refractivity contribution is 9.10. The molecule has 4 N–H and O–H groups in total. The molecule has 0 aliphatic heterocycles. The third-order valence-electron chi connectivity index (χ3n) is 4.82. The van der Waals surface area contributed by atoms with Crippen molar-refractivity contribution in [1.82, 2.24) is 20.3 Å². The molecule has 0 spiro atoms. The number of halogens is 3. The number of benzene rings is 1. The zero-order valence-electron chi connectivity index (χ0n) is 17.9. The molecule has 0 radical (unpaired) electrons. The molecule has 3 aromatic rings. The van der Waals surface area contributed by atoms with Crippen LogP contribution in [0.1, 0.15) is 33.0 Å². The molecule has 0 saturated heterocycles. The molecule has 9 nitrogen and oxygen atoms in total. The Hall–Kier alpha value is -3.22. The number of amides is 1. The number of H-pyrrole nitrogens is 1. The number of hydrogen-bond donors (Lipinski definition) is 4. The van der Waals surface area contributed by atoms with E-state index in [9.17, 15) is 23.5 Å². The van der Waals surface area contributed by atoms with Gasteiger partial charge in [0.05, 0.1) is 24.6 Å². The zero-order chi connectivity index (χ0) is 24.8. The fourth-order valence-corrected chi connectivity index (χ4v) is 3.42. The maximum atomic E-state index is 14.0. The van der Waals surface area contributed by atoms with Crippen LogP contribution in [-0.2, 0) is 13.0 Å². The van der Waals surface area contributed by atoms with Crippen LogP contribution < -0.4 is 15.6 Å². The van der Waals surface area contributed by atoms with Crippen LogP contribution in [0.5, 0.6) is 5.75 Å². The summed E-state index contributed by atoms with van der Waals surface area (Å²) in [4.78, 5) is 35.3. The standard InChI is InChI=1S/C22H21BrF2N4O5/c1-11-16(5-14-6-27-18(8-26-14)21(32)28-7-15(31)9-30)20(19(23)22(33)29-11)34-10-12-2-3-13(24)4-17(12)25/h2-4,6,8,15,30-31H,5,7,9-10H2,1H3,(H,28,32)(H,29,33). The van der Waals surface area contributed by atoms with E-state index in [1.165, 1.54) is 18.5 Å². The summed E-state index contributed by atoms with van der Waals surface area (Å²) in [6, 6.07) is 3.11. The summed E-state index contributed by atoms with van der Waals surface area (Å²) >= 11 is 3.20. The fourth-order valence-electron chi connectivity index (χ4n) is 2.97. The molecule has 0 saturated carbocycles. The van der Waals surface area contributed by atoms with Gasteiger partial charge >= 0.3 is 0 Å². The summed E-state index contributed by atoms with van der Waals surface area (Å²) in [5, 5.41) is 20.5. The smallest absolute Gasteiger partial charge is 0.271 e. The zero-order valence-corrected chi connectivity index (χ0v) is 19.5. The van der Waals surface area contributed by atoms with E-state index in [1.807, 2.05) is 0 Å². The molecule has 1 unspecified atom stereocenters. The van der Waals surface area contributed by atoms with Gasteiger partial charge in [-0.1, -0.05) is 0 Å². The van der Waals surface area contributed by atoms with Crippen molar-refractivity contribution in [1.29, 1.82) is 0 Å². The van der Waals surface area contributed by atoms with E-state index in [4.69, 9.17) is 9.84 Å². The summed E-state index contributed by atoms with van der Waals surface area (Å²) in [5.41, 5.74) is 1.16. The van der Waals surface area contributed by atoms with Gasteiger partial charge in [-0.05, 0) is 35.0 Å². The quantitative estimate of drug-likeness (QED) is 0.325. The third kappa shape index (κ3) is 6.22. The number of nitrogens with one attached hydrogen (secondary N) is 2. The summed E-state index contributed by atoms with van der Waals surface area (Å²) in [6.45, 7) is 0.789. The normalized spacial score (nSPS) is 11.8. The molecule has 2 aromatic heterocycles. The maximum Gasteiger partial charge on any atom is 0.271 e. The Bertz CT molecular complexity index is 1240. The van der Waals surface area contributed by atoms with Crippen molar-refractivity contribution < 1.29 is 28.5 Å². The van der Waals surface area contributed by atoms with Crippen LogP contribution in [0.3, 0.4) is 0 Å². The number of aromatic amines is 1. The van der Waals surface area contributed by atoms with Gasteiger partial charge in [0.1, 0.15) is 34.2 Å². The second-order valence-electron chi connectivity index (χ2n) is 7.34. The SMILES string of the molecule is Cc1[nH]c(=O)c(Br)c(OCc2ccc(F)cc2F)c1Cc1cnc(C(=O)NCC(O)CO)cn1. The van der Waals surface area contributed by atoms with Gasteiger partial charge in [0.25, 0.3) is 11.5 Å². The minimum atomic E-state index is -1.08. The van der Waals surface area contributed by atoms with Crippen molar-refractivity contribution in [3.63, 3.8) is 0 Å². The summed E-state index contributed by atoms with van der Waals surface area (Å²) < 4.78 is 33.0. The van der Waals surface area contributed by atoms with Crippen LogP contribution in [0, 0.1) is 18.6 Å². The first kappa shape index (κ1) is 25.4. The number of pyridine rings is 1. The predicted molar refractivity (Wildman–Crippen MR) is 120 cm³/mol. The Balaban J connectivity index is 1.80. The highest BCUT2D eigenvalue weighted by Gasteiger charge is 2.18. The molecular weight excluding hydrogens is 518 g/mol. The van der Waals surface area contributed by atoms with E-state index in [2.05, 4.69) is 36.2 Å². The molecule has 1 amide bonds. The van der Waals surface area contributed by atoms with Gasteiger partial charge in [0.15, 0.2) is 0 Å². The van der Waals surface area contributed by atoms with Crippen molar-refractivity contribution in [2.45, 2.75) is 26.1 Å². The average molecular weight is 539 g/mol. The minimum Gasteiger partial charge on any atom is -0.487 e. The van der Waals surface area contributed by atoms with Crippen molar-refractivity contribution in [3.05, 3.63) is 85.3 Å². The van der Waals surface area contributed by atoms with Crippen LogP contribution in [-0.4, -0.2) is 50.3 Å². The van der Waals surface area contributed by atoms with Crippen LogP contribution in [0.15, 0.2) is 39.9 Å². The van der Waals surface area contributed by atoms with Crippen molar-refractivity contribution >= 4 is 21.8 Å². The van der Waals surface area contributed by atoms with Gasteiger partial charge in [0.2, 0.25) is 0 Å². The van der Waals surface area contributed by atoms with E-state index >= 15 is 0 Å². The second kappa shape index (κ2) is 11.3.